The number of aromatic hydroxyl groups is 1. The smallest absolute Gasteiger partial charge is 0.134 e. The van der Waals surface area contributed by atoms with Crippen LogP contribution >= 0.6 is 0 Å². The summed E-state index contributed by atoms with van der Waals surface area (Å²) in [7, 11) is 0. The Hall–Kier alpha value is -1.31. The lowest BCUT2D eigenvalue weighted by molar-refractivity contribution is -0.116. The molecule has 0 aliphatic carbocycles. The number of phenols is 1. The lowest BCUT2D eigenvalue weighted by Gasteiger charge is -2.01. The summed E-state index contributed by atoms with van der Waals surface area (Å²) in [5.74, 6) is 0.419. The maximum atomic E-state index is 10.7. The van der Waals surface area contributed by atoms with Gasteiger partial charge in [-0.3, -0.25) is 4.79 Å². The number of aryl methyl sites for hydroxylation is 1. The molecule has 64 valence electrons. The minimum absolute atomic E-state index is 0.139. The molecule has 1 N–H and O–H groups in total. The van der Waals surface area contributed by atoms with Crippen LogP contribution in [0, 0.1) is 6.92 Å². The molecule has 2 heteroatoms. The number of ketones is 1. The zero-order valence-corrected chi connectivity index (χ0v) is 7.29. The van der Waals surface area contributed by atoms with Crippen molar-refractivity contribution in [2.75, 3.05) is 0 Å². The topological polar surface area (TPSA) is 37.3 Å². The van der Waals surface area contributed by atoms with Gasteiger partial charge >= 0.3 is 0 Å². The van der Waals surface area contributed by atoms with E-state index < -0.39 is 0 Å². The lowest BCUT2D eigenvalue weighted by Crippen LogP contribution is -1.96. The molecule has 0 saturated carbocycles. The number of phenolic OH excluding ortho intramolecular Hbond substituents is 1. The van der Waals surface area contributed by atoms with Crippen LogP contribution in [0.25, 0.3) is 0 Å². The average Bonchev–Trinajstić information content (AvgIpc) is 1.96. The van der Waals surface area contributed by atoms with E-state index >= 15 is 0 Å². The van der Waals surface area contributed by atoms with Gasteiger partial charge in [-0.25, -0.2) is 0 Å². The highest BCUT2D eigenvalue weighted by atomic mass is 16.3. The number of carbonyl (C=O) groups excluding carboxylic acids is 1. The first-order valence-corrected chi connectivity index (χ1v) is 3.87. The van der Waals surface area contributed by atoms with Crippen LogP contribution < -0.4 is 0 Å². The van der Waals surface area contributed by atoms with Crippen molar-refractivity contribution in [3.05, 3.63) is 29.3 Å². The van der Waals surface area contributed by atoms with Crippen molar-refractivity contribution in [2.45, 2.75) is 20.3 Å². The number of hydrogen-bond donors (Lipinski definition) is 1. The zero-order chi connectivity index (χ0) is 9.14. The highest BCUT2D eigenvalue weighted by Crippen LogP contribution is 2.17. The molecular formula is C10H12O2. The molecule has 0 aliphatic heterocycles. The largest absolute Gasteiger partial charge is 0.508 e. The first-order valence-electron chi connectivity index (χ1n) is 3.87. The number of benzene rings is 1. The molecule has 0 aliphatic rings. The Morgan fingerprint density at radius 1 is 1.50 bits per heavy atom. The fourth-order valence-corrected chi connectivity index (χ4v) is 1.11. The minimum atomic E-state index is 0.139. The van der Waals surface area contributed by atoms with Crippen LogP contribution in [0.2, 0.25) is 0 Å². The molecule has 0 radical (unpaired) electrons. The van der Waals surface area contributed by atoms with Crippen molar-refractivity contribution in [1.82, 2.24) is 0 Å². The molecule has 0 amide bonds. The van der Waals surface area contributed by atoms with Crippen LogP contribution in [0.15, 0.2) is 18.2 Å². The summed E-state index contributed by atoms with van der Waals surface area (Å²) in [5.41, 5.74) is 1.77. The van der Waals surface area contributed by atoms with E-state index in [9.17, 15) is 9.90 Å². The molecule has 1 aromatic rings. The van der Waals surface area contributed by atoms with E-state index in [2.05, 4.69) is 0 Å². The fraction of sp³-hybridized carbons (Fsp3) is 0.300. The first-order chi connectivity index (χ1) is 5.59. The van der Waals surface area contributed by atoms with E-state index in [-0.39, 0.29) is 11.5 Å². The number of hydrogen-bond acceptors (Lipinski definition) is 2. The predicted octanol–water partition coefficient (Wildman–Crippen LogP) is 1.83. The highest BCUT2D eigenvalue weighted by molar-refractivity contribution is 5.78. The van der Waals surface area contributed by atoms with Crippen LogP contribution in [0.5, 0.6) is 5.75 Å². The quantitative estimate of drug-likeness (QED) is 0.724. The summed E-state index contributed by atoms with van der Waals surface area (Å²) in [6, 6.07) is 5.22. The molecule has 0 unspecified atom stereocenters. The molecule has 0 aromatic heterocycles. The molecule has 0 fully saturated rings. The van der Waals surface area contributed by atoms with E-state index in [1.165, 1.54) is 0 Å². The second kappa shape index (κ2) is 3.39. The third-order valence-corrected chi connectivity index (χ3v) is 1.71. The van der Waals surface area contributed by atoms with Gasteiger partial charge in [-0.05, 0) is 31.0 Å². The molecule has 0 heterocycles. The third kappa shape index (κ3) is 2.09. The van der Waals surface area contributed by atoms with E-state index in [1.54, 1.807) is 19.1 Å². The van der Waals surface area contributed by atoms with E-state index in [4.69, 9.17) is 0 Å². The molecule has 0 atom stereocenters. The van der Waals surface area contributed by atoms with Crippen molar-refractivity contribution in [3.8, 4) is 5.75 Å². The Labute approximate surface area is 71.8 Å². The maximum Gasteiger partial charge on any atom is 0.134 e. The number of Topliss-reactive ketones (excluding diaryl/α,β-unsaturated/α-hetero) is 1. The van der Waals surface area contributed by atoms with Gasteiger partial charge in [-0.2, -0.15) is 0 Å². The second-order valence-corrected chi connectivity index (χ2v) is 3.00. The molecule has 1 aromatic carbocycles. The molecular weight excluding hydrogens is 152 g/mol. The Kier molecular flexibility index (Phi) is 2.48. The van der Waals surface area contributed by atoms with Gasteiger partial charge in [0.25, 0.3) is 0 Å². The molecule has 0 bridgehead atoms. The summed E-state index contributed by atoms with van der Waals surface area (Å²) >= 11 is 0. The zero-order valence-electron chi connectivity index (χ0n) is 7.29. The summed E-state index contributed by atoms with van der Waals surface area (Å²) in [5, 5.41) is 9.19. The Bertz CT molecular complexity index is 303. The standard InChI is InChI=1S/C10H12O2/c1-7-5-9(6-8(2)11)3-4-10(7)12/h3-5,12H,6H2,1-2H3. The van der Waals surface area contributed by atoms with Crippen molar-refractivity contribution in [2.24, 2.45) is 0 Å². The second-order valence-electron chi connectivity index (χ2n) is 3.00. The van der Waals surface area contributed by atoms with E-state index in [1.807, 2.05) is 13.0 Å². The van der Waals surface area contributed by atoms with Gasteiger partial charge in [0.2, 0.25) is 0 Å². The van der Waals surface area contributed by atoms with Crippen molar-refractivity contribution < 1.29 is 9.90 Å². The molecule has 0 spiro atoms. The summed E-state index contributed by atoms with van der Waals surface area (Å²) < 4.78 is 0. The maximum absolute atomic E-state index is 10.7. The molecule has 2 nitrogen and oxygen atoms in total. The monoisotopic (exact) mass is 164 g/mol. The molecule has 1 rings (SSSR count). The van der Waals surface area contributed by atoms with E-state index in [0.717, 1.165) is 11.1 Å². The van der Waals surface area contributed by atoms with Gasteiger partial charge in [0.05, 0.1) is 0 Å². The van der Waals surface area contributed by atoms with Crippen LogP contribution in [0.3, 0.4) is 0 Å². The summed E-state index contributed by atoms with van der Waals surface area (Å²) in [6.45, 7) is 3.38. The first kappa shape index (κ1) is 8.78. The van der Waals surface area contributed by atoms with Crippen LogP contribution in [0.4, 0.5) is 0 Å². The fourth-order valence-electron chi connectivity index (χ4n) is 1.11. The van der Waals surface area contributed by atoms with Crippen LogP contribution in [0.1, 0.15) is 18.1 Å². The Morgan fingerprint density at radius 3 is 2.67 bits per heavy atom. The SMILES string of the molecule is CC(=O)Cc1ccc(O)c(C)c1. The van der Waals surface area contributed by atoms with Gasteiger partial charge in [-0.1, -0.05) is 12.1 Å². The predicted molar refractivity (Wildman–Crippen MR) is 47.2 cm³/mol. The van der Waals surface area contributed by atoms with Crippen molar-refractivity contribution >= 4 is 5.78 Å². The normalized spacial score (nSPS) is 9.83. The summed E-state index contributed by atoms with van der Waals surface area (Å²) in [4.78, 5) is 10.7. The Balaban J connectivity index is 2.89. The van der Waals surface area contributed by atoms with Gasteiger partial charge in [0.1, 0.15) is 11.5 Å². The molecule has 12 heavy (non-hydrogen) atoms. The van der Waals surface area contributed by atoms with Crippen LogP contribution in [-0.4, -0.2) is 10.9 Å². The highest BCUT2D eigenvalue weighted by Gasteiger charge is 2.00. The van der Waals surface area contributed by atoms with Crippen molar-refractivity contribution in [1.29, 1.82) is 0 Å². The van der Waals surface area contributed by atoms with Gasteiger partial charge < -0.3 is 5.11 Å². The number of rotatable bonds is 2. The average molecular weight is 164 g/mol. The lowest BCUT2D eigenvalue weighted by atomic mass is 10.1. The van der Waals surface area contributed by atoms with Gasteiger partial charge in [0, 0.05) is 6.42 Å². The van der Waals surface area contributed by atoms with Crippen LogP contribution in [-0.2, 0) is 11.2 Å². The van der Waals surface area contributed by atoms with Crippen molar-refractivity contribution in [3.63, 3.8) is 0 Å². The van der Waals surface area contributed by atoms with Gasteiger partial charge in [-0.15, -0.1) is 0 Å². The minimum Gasteiger partial charge on any atom is -0.508 e. The number of carbonyl (C=O) groups is 1. The Morgan fingerprint density at radius 2 is 2.17 bits per heavy atom. The van der Waals surface area contributed by atoms with Gasteiger partial charge in [0.15, 0.2) is 0 Å². The van der Waals surface area contributed by atoms with E-state index in [0.29, 0.717) is 6.42 Å². The third-order valence-electron chi connectivity index (χ3n) is 1.71. The molecule has 0 saturated heterocycles. The summed E-state index contributed by atoms with van der Waals surface area (Å²) in [6.07, 6.45) is 0.446.